The van der Waals surface area contributed by atoms with Gasteiger partial charge in [0.05, 0.1) is 34.9 Å². The molecule has 1 saturated heterocycles. The molecule has 11 nitrogen and oxygen atoms in total. The summed E-state index contributed by atoms with van der Waals surface area (Å²) in [6, 6.07) is 11.5. The Kier molecular flexibility index (Phi) is 9.95. The summed E-state index contributed by atoms with van der Waals surface area (Å²) in [4.78, 5) is 31.5. The monoisotopic (exact) mass is 590 g/mol. The van der Waals surface area contributed by atoms with Gasteiger partial charge in [0, 0.05) is 44.9 Å². The van der Waals surface area contributed by atoms with Crippen LogP contribution in [0.1, 0.15) is 31.1 Å². The fourth-order valence-electron chi connectivity index (χ4n) is 4.31. The fraction of sp³-hybridized carbons (Fsp3) is 0.444. The van der Waals surface area contributed by atoms with E-state index in [-0.39, 0.29) is 43.2 Å². The second-order valence-electron chi connectivity index (χ2n) is 8.83. The lowest BCUT2D eigenvalue weighted by Crippen LogP contribution is -2.50. The smallest absolute Gasteiger partial charge is 0.409 e. The molecule has 0 aliphatic carbocycles. The minimum Gasteiger partial charge on any atom is -0.494 e. The Labute approximate surface area is 237 Å². The Morgan fingerprint density at radius 1 is 0.950 bits per heavy atom. The first-order chi connectivity index (χ1) is 19.3. The van der Waals surface area contributed by atoms with Crippen LogP contribution in [-0.2, 0) is 26.0 Å². The van der Waals surface area contributed by atoms with E-state index in [0.717, 1.165) is 16.0 Å². The molecule has 2 heterocycles. The number of benzene rings is 2. The lowest BCUT2D eigenvalue weighted by Gasteiger charge is -2.33. The molecule has 2 amide bonds. The summed E-state index contributed by atoms with van der Waals surface area (Å²) < 4.78 is 46.7. The lowest BCUT2D eigenvalue weighted by atomic mass is 10.2. The van der Waals surface area contributed by atoms with Crippen LogP contribution in [0.15, 0.2) is 52.4 Å². The van der Waals surface area contributed by atoms with Crippen molar-refractivity contribution < 1.29 is 32.2 Å². The number of aromatic nitrogens is 1. The molecule has 1 aromatic heterocycles. The third kappa shape index (κ3) is 6.72. The van der Waals surface area contributed by atoms with Crippen molar-refractivity contribution >= 4 is 43.6 Å². The quantitative estimate of drug-likeness (QED) is 0.332. The van der Waals surface area contributed by atoms with Crippen molar-refractivity contribution in [2.75, 3.05) is 52.6 Å². The Morgan fingerprint density at radius 2 is 1.68 bits per heavy atom. The molecule has 4 rings (SSSR count). The molecule has 3 aromatic rings. The van der Waals surface area contributed by atoms with E-state index in [1.807, 2.05) is 36.6 Å². The SMILES string of the molecule is CCOCCn1c(=NC(=O)c2ccc(S(=O)(=O)N3CCN(C(=O)OCC)CC3)cc2)sc2cc(OCC)ccc21. The molecular weight excluding hydrogens is 556 g/mol. The molecule has 0 bridgehead atoms. The molecule has 0 atom stereocenters. The number of hydrogen-bond donors (Lipinski definition) is 0. The Balaban J connectivity index is 1.54. The van der Waals surface area contributed by atoms with Gasteiger partial charge in [-0.1, -0.05) is 11.3 Å². The first kappa shape index (κ1) is 29.7. The van der Waals surface area contributed by atoms with Crippen molar-refractivity contribution in [2.24, 2.45) is 4.99 Å². The van der Waals surface area contributed by atoms with Crippen molar-refractivity contribution in [3.63, 3.8) is 0 Å². The largest absolute Gasteiger partial charge is 0.494 e. The zero-order chi connectivity index (χ0) is 28.7. The number of rotatable bonds is 10. The van der Waals surface area contributed by atoms with E-state index in [1.54, 1.807) is 6.92 Å². The Bertz CT molecular complexity index is 1510. The highest BCUT2D eigenvalue weighted by molar-refractivity contribution is 7.89. The molecular formula is C27H34N4O7S2. The van der Waals surface area contributed by atoms with Crippen molar-refractivity contribution in [1.29, 1.82) is 0 Å². The summed E-state index contributed by atoms with van der Waals surface area (Å²) >= 11 is 1.38. The average molecular weight is 591 g/mol. The van der Waals surface area contributed by atoms with Crippen LogP contribution in [0, 0.1) is 0 Å². The number of thiazole rings is 1. The van der Waals surface area contributed by atoms with Gasteiger partial charge < -0.3 is 23.7 Å². The number of hydrogen-bond acceptors (Lipinski definition) is 8. The van der Waals surface area contributed by atoms with Crippen LogP contribution in [0.4, 0.5) is 4.79 Å². The van der Waals surface area contributed by atoms with Crippen molar-refractivity contribution in [3.8, 4) is 5.75 Å². The predicted molar refractivity (Wildman–Crippen MR) is 151 cm³/mol. The number of fused-ring (bicyclic) bond motifs is 1. The van der Waals surface area contributed by atoms with Crippen molar-refractivity contribution in [3.05, 3.63) is 52.8 Å². The summed E-state index contributed by atoms with van der Waals surface area (Å²) in [6.07, 6.45) is -0.446. The van der Waals surface area contributed by atoms with E-state index in [2.05, 4.69) is 4.99 Å². The predicted octanol–water partition coefficient (Wildman–Crippen LogP) is 3.34. The van der Waals surface area contributed by atoms with Gasteiger partial charge in [0.2, 0.25) is 10.0 Å². The van der Waals surface area contributed by atoms with Gasteiger partial charge in [0.1, 0.15) is 5.75 Å². The van der Waals surface area contributed by atoms with Crippen LogP contribution in [0.3, 0.4) is 0 Å². The third-order valence-corrected chi connectivity index (χ3v) is 9.28. The third-order valence-electron chi connectivity index (χ3n) is 6.33. The van der Waals surface area contributed by atoms with Gasteiger partial charge in [-0.15, -0.1) is 0 Å². The Morgan fingerprint density at radius 3 is 2.33 bits per heavy atom. The molecule has 1 aliphatic heterocycles. The molecule has 0 radical (unpaired) electrons. The normalized spacial score (nSPS) is 15.0. The zero-order valence-electron chi connectivity index (χ0n) is 22.9. The second kappa shape index (κ2) is 13.4. The fourth-order valence-corrected chi connectivity index (χ4v) is 6.81. The van der Waals surface area contributed by atoms with Crippen LogP contribution in [0.25, 0.3) is 10.2 Å². The first-order valence-corrected chi connectivity index (χ1v) is 15.5. The molecule has 0 unspecified atom stereocenters. The molecule has 0 saturated carbocycles. The van der Waals surface area contributed by atoms with E-state index < -0.39 is 22.0 Å². The summed E-state index contributed by atoms with van der Waals surface area (Å²) in [5.41, 5.74) is 1.19. The van der Waals surface area contributed by atoms with Gasteiger partial charge in [-0.05, 0) is 63.2 Å². The maximum absolute atomic E-state index is 13.2. The Hall–Kier alpha value is -3.26. The van der Waals surface area contributed by atoms with Crippen LogP contribution < -0.4 is 9.54 Å². The van der Waals surface area contributed by atoms with E-state index in [0.29, 0.717) is 31.2 Å². The first-order valence-electron chi connectivity index (χ1n) is 13.2. The summed E-state index contributed by atoms with van der Waals surface area (Å²) in [6.45, 7) is 8.77. The lowest BCUT2D eigenvalue weighted by molar-refractivity contribution is 0.0933. The molecule has 1 aliphatic rings. The molecule has 1 fully saturated rings. The number of nitrogens with zero attached hydrogens (tertiary/aromatic N) is 4. The summed E-state index contributed by atoms with van der Waals surface area (Å²) in [5, 5.41) is 0. The highest BCUT2D eigenvalue weighted by Gasteiger charge is 2.30. The maximum Gasteiger partial charge on any atom is 0.409 e. The number of piperazine rings is 1. The number of amides is 2. The standard InChI is InChI=1S/C27H34N4O7S2/c1-4-36-18-17-31-23-12-9-21(37-5-2)19-24(23)39-26(31)28-25(32)20-7-10-22(11-8-20)40(34,35)30-15-13-29(14-16-30)27(33)38-6-3/h7-12,19H,4-6,13-18H2,1-3H3. The van der Waals surface area contributed by atoms with E-state index >= 15 is 0 Å². The molecule has 13 heteroatoms. The van der Waals surface area contributed by atoms with Gasteiger partial charge in [0.25, 0.3) is 5.91 Å². The summed E-state index contributed by atoms with van der Waals surface area (Å²) in [5.74, 6) is 0.263. The van der Waals surface area contributed by atoms with Gasteiger partial charge in [-0.25, -0.2) is 13.2 Å². The minimum atomic E-state index is -3.79. The van der Waals surface area contributed by atoms with Crippen LogP contribution >= 0.6 is 11.3 Å². The van der Waals surface area contributed by atoms with Gasteiger partial charge in [0.15, 0.2) is 4.80 Å². The number of carbonyl (C=O) groups is 2. The second-order valence-corrected chi connectivity index (χ2v) is 11.8. The van der Waals surface area contributed by atoms with Gasteiger partial charge in [-0.3, -0.25) is 4.79 Å². The van der Waals surface area contributed by atoms with Crippen molar-refractivity contribution in [1.82, 2.24) is 13.8 Å². The minimum absolute atomic E-state index is 0.0747. The van der Waals surface area contributed by atoms with Crippen LogP contribution in [-0.4, -0.2) is 86.8 Å². The van der Waals surface area contributed by atoms with Gasteiger partial charge >= 0.3 is 6.09 Å². The highest BCUT2D eigenvalue weighted by atomic mass is 32.2. The van der Waals surface area contributed by atoms with E-state index in [1.165, 1.54) is 44.8 Å². The summed E-state index contributed by atoms with van der Waals surface area (Å²) in [7, 11) is -3.79. The molecule has 2 aromatic carbocycles. The van der Waals surface area contributed by atoms with Gasteiger partial charge in [-0.2, -0.15) is 9.30 Å². The topological polar surface area (TPSA) is 120 Å². The molecule has 40 heavy (non-hydrogen) atoms. The average Bonchev–Trinajstić information content (AvgIpc) is 3.29. The van der Waals surface area contributed by atoms with E-state index in [9.17, 15) is 18.0 Å². The number of carbonyl (C=O) groups excluding carboxylic acids is 2. The maximum atomic E-state index is 13.2. The number of ether oxygens (including phenoxy) is 3. The van der Waals surface area contributed by atoms with Crippen molar-refractivity contribution in [2.45, 2.75) is 32.2 Å². The highest BCUT2D eigenvalue weighted by Crippen LogP contribution is 2.24. The number of sulfonamides is 1. The molecule has 0 N–H and O–H groups in total. The van der Waals surface area contributed by atoms with Crippen LogP contribution in [0.2, 0.25) is 0 Å². The molecule has 0 spiro atoms. The zero-order valence-corrected chi connectivity index (χ0v) is 24.5. The molecule has 216 valence electrons. The van der Waals surface area contributed by atoms with Crippen LogP contribution in [0.5, 0.6) is 5.75 Å². The van der Waals surface area contributed by atoms with E-state index in [4.69, 9.17) is 14.2 Å².